The van der Waals surface area contributed by atoms with Crippen LogP contribution in [0.2, 0.25) is 0 Å². The molecule has 1 atom stereocenters. The molecule has 0 radical (unpaired) electrons. The van der Waals surface area contributed by atoms with Crippen molar-refractivity contribution in [3.8, 4) is 0 Å². The van der Waals surface area contributed by atoms with Crippen LogP contribution in [0.25, 0.3) is 0 Å². The molecule has 0 aliphatic carbocycles. The van der Waals surface area contributed by atoms with Gasteiger partial charge in [-0.15, -0.1) is 6.58 Å². The molecule has 0 amide bonds. The minimum atomic E-state index is -0.0505. The van der Waals surface area contributed by atoms with Crippen molar-refractivity contribution >= 4 is 0 Å². The molecule has 78 valence electrons. The predicted octanol–water partition coefficient (Wildman–Crippen LogP) is 3.94. The van der Waals surface area contributed by atoms with E-state index in [4.69, 9.17) is 4.74 Å². The maximum absolute atomic E-state index is 5.82. The average Bonchev–Trinajstić information content (AvgIpc) is 2.01. The molecule has 0 bridgehead atoms. The Morgan fingerprint density at radius 3 is 2.31 bits per heavy atom. The van der Waals surface area contributed by atoms with Crippen LogP contribution < -0.4 is 0 Å². The van der Waals surface area contributed by atoms with Crippen LogP contribution in [-0.4, -0.2) is 11.7 Å². The molecule has 0 saturated carbocycles. The third-order valence-electron chi connectivity index (χ3n) is 1.86. The number of unbranched alkanes of at least 4 members (excludes halogenated alkanes) is 2. The van der Waals surface area contributed by atoms with Crippen molar-refractivity contribution in [2.45, 2.75) is 65.1 Å². The molecule has 1 nitrogen and oxygen atoms in total. The predicted molar refractivity (Wildman–Crippen MR) is 59.0 cm³/mol. The van der Waals surface area contributed by atoms with Crippen LogP contribution in [0.15, 0.2) is 12.7 Å². The van der Waals surface area contributed by atoms with Gasteiger partial charge in [0, 0.05) is 0 Å². The first kappa shape index (κ1) is 12.7. The molecule has 0 heterocycles. The zero-order valence-electron chi connectivity index (χ0n) is 9.60. The van der Waals surface area contributed by atoms with Crippen LogP contribution >= 0.6 is 0 Å². The van der Waals surface area contributed by atoms with E-state index in [1.807, 2.05) is 6.08 Å². The topological polar surface area (TPSA) is 9.23 Å². The maximum Gasteiger partial charge on any atom is 0.0760 e. The van der Waals surface area contributed by atoms with Crippen molar-refractivity contribution in [2.75, 3.05) is 0 Å². The number of hydrogen-bond acceptors (Lipinski definition) is 1. The van der Waals surface area contributed by atoms with Gasteiger partial charge in [0.15, 0.2) is 0 Å². The van der Waals surface area contributed by atoms with E-state index in [-0.39, 0.29) is 11.7 Å². The van der Waals surface area contributed by atoms with Crippen LogP contribution in [0, 0.1) is 0 Å². The van der Waals surface area contributed by atoms with Gasteiger partial charge in [0.2, 0.25) is 0 Å². The van der Waals surface area contributed by atoms with E-state index >= 15 is 0 Å². The Labute approximate surface area is 83.2 Å². The van der Waals surface area contributed by atoms with E-state index in [2.05, 4.69) is 34.3 Å². The van der Waals surface area contributed by atoms with Crippen molar-refractivity contribution in [3.05, 3.63) is 12.7 Å². The minimum absolute atomic E-state index is 0.0505. The summed E-state index contributed by atoms with van der Waals surface area (Å²) in [5, 5.41) is 0. The quantitative estimate of drug-likeness (QED) is 0.449. The summed E-state index contributed by atoms with van der Waals surface area (Å²) in [6.07, 6.45) is 7.04. The van der Waals surface area contributed by atoms with Crippen LogP contribution in [0.3, 0.4) is 0 Å². The second-order valence-electron chi connectivity index (χ2n) is 4.50. The zero-order valence-corrected chi connectivity index (χ0v) is 9.60. The van der Waals surface area contributed by atoms with Gasteiger partial charge in [-0.05, 0) is 27.2 Å². The Morgan fingerprint density at radius 2 is 1.92 bits per heavy atom. The summed E-state index contributed by atoms with van der Waals surface area (Å²) in [5.41, 5.74) is -0.0505. The van der Waals surface area contributed by atoms with E-state index in [0.29, 0.717) is 0 Å². The summed E-state index contributed by atoms with van der Waals surface area (Å²) in [4.78, 5) is 0. The van der Waals surface area contributed by atoms with Crippen LogP contribution in [0.4, 0.5) is 0 Å². The van der Waals surface area contributed by atoms with Crippen molar-refractivity contribution in [2.24, 2.45) is 0 Å². The van der Waals surface area contributed by atoms with Gasteiger partial charge < -0.3 is 4.74 Å². The molecule has 13 heavy (non-hydrogen) atoms. The fourth-order valence-corrected chi connectivity index (χ4v) is 1.27. The number of ether oxygens (including phenoxy) is 1. The standard InChI is InChI=1S/C12H24O/c1-6-8-9-10-11(7-2)13-12(3,4)5/h7,11H,2,6,8-10H2,1,3-5H3. The molecular formula is C12H24O. The van der Waals surface area contributed by atoms with E-state index < -0.39 is 0 Å². The first-order valence-corrected chi connectivity index (χ1v) is 5.30. The van der Waals surface area contributed by atoms with Gasteiger partial charge in [-0.2, -0.15) is 0 Å². The van der Waals surface area contributed by atoms with Crippen molar-refractivity contribution < 1.29 is 4.74 Å². The third-order valence-corrected chi connectivity index (χ3v) is 1.86. The molecular weight excluding hydrogens is 160 g/mol. The van der Waals surface area contributed by atoms with E-state index in [1.54, 1.807) is 0 Å². The maximum atomic E-state index is 5.82. The molecule has 0 aromatic rings. The van der Waals surface area contributed by atoms with Crippen LogP contribution in [-0.2, 0) is 4.74 Å². The molecule has 1 unspecified atom stereocenters. The highest BCUT2D eigenvalue weighted by Gasteiger charge is 2.15. The smallest absolute Gasteiger partial charge is 0.0760 e. The zero-order chi connectivity index (χ0) is 10.3. The number of hydrogen-bond donors (Lipinski definition) is 0. The molecule has 0 aromatic carbocycles. The lowest BCUT2D eigenvalue weighted by Gasteiger charge is -2.25. The van der Waals surface area contributed by atoms with Crippen molar-refractivity contribution in [1.29, 1.82) is 0 Å². The summed E-state index contributed by atoms with van der Waals surface area (Å²) in [6.45, 7) is 12.3. The fraction of sp³-hybridized carbons (Fsp3) is 0.833. The highest BCUT2D eigenvalue weighted by Crippen LogP contribution is 2.16. The highest BCUT2D eigenvalue weighted by molar-refractivity contribution is 4.82. The van der Waals surface area contributed by atoms with Crippen molar-refractivity contribution in [3.63, 3.8) is 0 Å². The van der Waals surface area contributed by atoms with Gasteiger partial charge in [0.1, 0.15) is 0 Å². The van der Waals surface area contributed by atoms with E-state index in [0.717, 1.165) is 6.42 Å². The van der Waals surface area contributed by atoms with E-state index in [1.165, 1.54) is 19.3 Å². The van der Waals surface area contributed by atoms with Gasteiger partial charge in [0.05, 0.1) is 11.7 Å². The molecule has 1 heteroatoms. The second kappa shape index (κ2) is 6.20. The molecule has 0 aromatic heterocycles. The van der Waals surface area contributed by atoms with Crippen molar-refractivity contribution in [1.82, 2.24) is 0 Å². The van der Waals surface area contributed by atoms with Crippen LogP contribution in [0.5, 0.6) is 0 Å². The Balaban J connectivity index is 3.70. The molecule has 0 rings (SSSR count). The van der Waals surface area contributed by atoms with Gasteiger partial charge in [0.25, 0.3) is 0 Å². The fourth-order valence-electron chi connectivity index (χ4n) is 1.27. The van der Waals surface area contributed by atoms with Gasteiger partial charge >= 0.3 is 0 Å². The van der Waals surface area contributed by atoms with Crippen LogP contribution in [0.1, 0.15) is 53.4 Å². The molecule has 0 saturated heterocycles. The minimum Gasteiger partial charge on any atom is -0.369 e. The van der Waals surface area contributed by atoms with E-state index in [9.17, 15) is 0 Å². The lowest BCUT2D eigenvalue weighted by atomic mass is 10.1. The first-order chi connectivity index (χ1) is 5.99. The lowest BCUT2D eigenvalue weighted by molar-refractivity contribution is -0.0415. The number of rotatable bonds is 6. The Bertz CT molecular complexity index is 133. The summed E-state index contributed by atoms with van der Waals surface area (Å²) in [7, 11) is 0. The van der Waals surface area contributed by atoms with Gasteiger partial charge in [-0.1, -0.05) is 32.3 Å². The normalized spacial score (nSPS) is 14.2. The Morgan fingerprint density at radius 1 is 1.31 bits per heavy atom. The SMILES string of the molecule is C=CC(CCCCC)OC(C)(C)C. The molecule has 0 N–H and O–H groups in total. The monoisotopic (exact) mass is 184 g/mol. The van der Waals surface area contributed by atoms with Gasteiger partial charge in [-0.3, -0.25) is 0 Å². The Kier molecular flexibility index (Phi) is 6.06. The molecule has 0 aliphatic heterocycles. The lowest BCUT2D eigenvalue weighted by Crippen LogP contribution is -2.26. The summed E-state index contributed by atoms with van der Waals surface area (Å²) in [5.74, 6) is 0. The summed E-state index contributed by atoms with van der Waals surface area (Å²) < 4.78 is 5.82. The average molecular weight is 184 g/mol. The summed E-state index contributed by atoms with van der Waals surface area (Å²) >= 11 is 0. The third kappa shape index (κ3) is 8.04. The summed E-state index contributed by atoms with van der Waals surface area (Å²) in [6, 6.07) is 0. The first-order valence-electron chi connectivity index (χ1n) is 5.30. The van der Waals surface area contributed by atoms with Gasteiger partial charge in [-0.25, -0.2) is 0 Å². The Hall–Kier alpha value is -0.300. The molecule has 0 fully saturated rings. The largest absolute Gasteiger partial charge is 0.369 e. The highest BCUT2D eigenvalue weighted by atomic mass is 16.5. The molecule has 0 spiro atoms. The second-order valence-corrected chi connectivity index (χ2v) is 4.50. The molecule has 0 aliphatic rings.